The van der Waals surface area contributed by atoms with Crippen LogP contribution in [0.15, 0.2) is 11.4 Å². The predicted molar refractivity (Wildman–Crippen MR) is 76.7 cm³/mol. The van der Waals surface area contributed by atoms with Gasteiger partial charge in [0, 0.05) is 5.38 Å². The molecule has 1 fully saturated rings. The summed E-state index contributed by atoms with van der Waals surface area (Å²) in [4.78, 5) is 0.536. The standard InChI is InChI=1S/C15H14N2O3S/c1-14-3-4-15(2,20-14)11-10(14)12(18)17(13(11)19)8-5-9(6-16)21-7-8/h5,7,18-19H,3-4H2,1-2H3. The van der Waals surface area contributed by atoms with Crippen molar-refractivity contribution in [3.8, 4) is 23.5 Å². The molecule has 2 bridgehead atoms. The van der Waals surface area contributed by atoms with Crippen molar-refractivity contribution in [3.63, 3.8) is 0 Å². The Morgan fingerprint density at radius 3 is 2.29 bits per heavy atom. The van der Waals surface area contributed by atoms with E-state index in [2.05, 4.69) is 6.07 Å². The van der Waals surface area contributed by atoms with Gasteiger partial charge in [-0.2, -0.15) is 5.26 Å². The molecule has 0 aromatic carbocycles. The summed E-state index contributed by atoms with van der Waals surface area (Å²) >= 11 is 1.28. The summed E-state index contributed by atoms with van der Waals surface area (Å²) in [5, 5.41) is 31.9. The molecule has 0 aliphatic carbocycles. The number of hydrogen-bond acceptors (Lipinski definition) is 5. The third kappa shape index (κ3) is 1.38. The highest BCUT2D eigenvalue weighted by Crippen LogP contribution is 2.64. The maximum absolute atomic E-state index is 10.6. The van der Waals surface area contributed by atoms with Crippen LogP contribution in [0.4, 0.5) is 0 Å². The van der Waals surface area contributed by atoms with Crippen LogP contribution in [0.3, 0.4) is 0 Å². The monoisotopic (exact) mass is 302 g/mol. The zero-order valence-corrected chi connectivity index (χ0v) is 12.5. The number of nitriles is 1. The van der Waals surface area contributed by atoms with Gasteiger partial charge in [-0.1, -0.05) is 0 Å². The number of aromatic hydroxyl groups is 2. The van der Waals surface area contributed by atoms with E-state index in [4.69, 9.17) is 10.00 Å². The number of rotatable bonds is 1. The molecule has 2 unspecified atom stereocenters. The van der Waals surface area contributed by atoms with E-state index in [-0.39, 0.29) is 11.8 Å². The Labute approximate surface area is 125 Å². The first-order chi connectivity index (χ1) is 9.89. The van der Waals surface area contributed by atoms with Crippen molar-refractivity contribution in [3.05, 3.63) is 27.5 Å². The first-order valence-electron chi connectivity index (χ1n) is 6.76. The van der Waals surface area contributed by atoms with Crippen LogP contribution in [-0.2, 0) is 15.9 Å². The van der Waals surface area contributed by atoms with Crippen molar-refractivity contribution in [1.29, 1.82) is 5.26 Å². The Balaban J connectivity index is 2.00. The van der Waals surface area contributed by atoms with Crippen LogP contribution in [0.2, 0.25) is 0 Å². The molecule has 0 saturated carbocycles. The quantitative estimate of drug-likeness (QED) is 0.848. The van der Waals surface area contributed by atoms with E-state index >= 15 is 0 Å². The van der Waals surface area contributed by atoms with Gasteiger partial charge in [-0.3, -0.25) is 4.57 Å². The minimum atomic E-state index is -0.551. The molecule has 2 aromatic heterocycles. The third-order valence-electron chi connectivity index (χ3n) is 4.66. The number of nitrogens with zero attached hydrogens (tertiary/aromatic N) is 2. The second kappa shape index (κ2) is 3.62. The summed E-state index contributed by atoms with van der Waals surface area (Å²) in [5.41, 5.74) is 0.861. The molecule has 0 spiro atoms. The minimum absolute atomic E-state index is 0.00992. The Kier molecular flexibility index (Phi) is 2.19. The highest BCUT2D eigenvalue weighted by Gasteiger charge is 2.59. The van der Waals surface area contributed by atoms with Crippen LogP contribution in [0, 0.1) is 11.3 Å². The topological polar surface area (TPSA) is 78.4 Å². The van der Waals surface area contributed by atoms with E-state index in [0.717, 1.165) is 12.8 Å². The lowest BCUT2D eigenvalue weighted by molar-refractivity contribution is -0.0683. The fraction of sp³-hybridized carbons (Fsp3) is 0.400. The molecule has 2 aliphatic heterocycles. The van der Waals surface area contributed by atoms with Gasteiger partial charge in [0.25, 0.3) is 0 Å². The Morgan fingerprint density at radius 1 is 1.24 bits per heavy atom. The van der Waals surface area contributed by atoms with Crippen LogP contribution in [0.1, 0.15) is 42.7 Å². The van der Waals surface area contributed by atoms with Crippen molar-refractivity contribution in [2.75, 3.05) is 0 Å². The fourth-order valence-electron chi connectivity index (χ4n) is 3.72. The van der Waals surface area contributed by atoms with Gasteiger partial charge in [-0.25, -0.2) is 0 Å². The largest absolute Gasteiger partial charge is 0.494 e. The van der Waals surface area contributed by atoms with Crippen molar-refractivity contribution < 1.29 is 14.9 Å². The van der Waals surface area contributed by atoms with E-state index in [1.165, 1.54) is 15.9 Å². The van der Waals surface area contributed by atoms with Gasteiger partial charge in [0.1, 0.15) is 10.9 Å². The van der Waals surface area contributed by atoms with Gasteiger partial charge in [0.2, 0.25) is 11.8 Å². The Bertz CT molecular complexity index is 776. The molecule has 0 amide bonds. The van der Waals surface area contributed by atoms with Gasteiger partial charge < -0.3 is 14.9 Å². The lowest BCUT2D eigenvalue weighted by atomic mass is 9.80. The zero-order valence-electron chi connectivity index (χ0n) is 11.7. The molecule has 5 nitrogen and oxygen atoms in total. The summed E-state index contributed by atoms with van der Waals surface area (Å²) in [7, 11) is 0. The van der Waals surface area contributed by atoms with Crippen LogP contribution in [0.25, 0.3) is 5.69 Å². The second-order valence-electron chi connectivity index (χ2n) is 6.08. The van der Waals surface area contributed by atoms with Crippen molar-refractivity contribution in [2.24, 2.45) is 0 Å². The normalized spacial score (nSPS) is 29.6. The first kappa shape index (κ1) is 12.7. The number of thiophene rings is 1. The highest BCUT2D eigenvalue weighted by molar-refractivity contribution is 7.10. The van der Waals surface area contributed by atoms with Gasteiger partial charge in [0.15, 0.2) is 0 Å². The summed E-state index contributed by atoms with van der Waals surface area (Å²) in [5.74, 6) is 0.0198. The van der Waals surface area contributed by atoms with Crippen LogP contribution in [0.5, 0.6) is 11.8 Å². The van der Waals surface area contributed by atoms with Crippen molar-refractivity contribution >= 4 is 11.3 Å². The molecule has 2 N–H and O–H groups in total. The summed E-state index contributed by atoms with van der Waals surface area (Å²) in [6.45, 7) is 3.89. The third-order valence-corrected chi connectivity index (χ3v) is 5.48. The number of fused-ring (bicyclic) bond motifs is 5. The van der Waals surface area contributed by atoms with E-state index in [1.54, 1.807) is 11.4 Å². The lowest BCUT2D eigenvalue weighted by Gasteiger charge is -2.20. The molecule has 2 aromatic rings. The molecule has 1 saturated heterocycles. The zero-order chi connectivity index (χ0) is 15.0. The maximum Gasteiger partial charge on any atom is 0.205 e. The van der Waals surface area contributed by atoms with E-state index < -0.39 is 11.2 Å². The number of ether oxygens (including phenoxy) is 1. The Morgan fingerprint density at radius 2 is 1.81 bits per heavy atom. The molecular weight excluding hydrogens is 288 g/mol. The van der Waals surface area contributed by atoms with Crippen LogP contribution >= 0.6 is 11.3 Å². The smallest absolute Gasteiger partial charge is 0.205 e. The fourth-order valence-corrected chi connectivity index (χ4v) is 4.39. The predicted octanol–water partition coefficient (Wildman–Crippen LogP) is 3.08. The maximum atomic E-state index is 10.6. The van der Waals surface area contributed by atoms with Crippen LogP contribution < -0.4 is 0 Å². The molecule has 4 rings (SSSR count). The van der Waals surface area contributed by atoms with Crippen molar-refractivity contribution in [2.45, 2.75) is 37.9 Å². The molecule has 4 heterocycles. The second-order valence-corrected chi connectivity index (χ2v) is 6.99. The van der Waals surface area contributed by atoms with E-state index in [0.29, 0.717) is 21.7 Å². The molecule has 21 heavy (non-hydrogen) atoms. The number of hydrogen-bond donors (Lipinski definition) is 2. The van der Waals surface area contributed by atoms with Crippen molar-refractivity contribution in [1.82, 2.24) is 4.57 Å². The average Bonchev–Trinajstić information content (AvgIpc) is 3.11. The molecule has 6 heteroatoms. The molecule has 2 atom stereocenters. The SMILES string of the molecule is CC12CCC(C)(O1)c1c2c(O)n(-c2csc(C#N)c2)c1O. The summed E-state index contributed by atoms with van der Waals surface area (Å²) in [6.07, 6.45) is 1.64. The van der Waals surface area contributed by atoms with E-state index in [9.17, 15) is 10.2 Å². The minimum Gasteiger partial charge on any atom is -0.494 e. The van der Waals surface area contributed by atoms with Gasteiger partial charge in [-0.05, 0) is 32.8 Å². The summed E-state index contributed by atoms with van der Waals surface area (Å²) < 4.78 is 7.46. The van der Waals surface area contributed by atoms with E-state index in [1.807, 2.05) is 13.8 Å². The summed E-state index contributed by atoms with van der Waals surface area (Å²) in [6, 6.07) is 3.73. The average molecular weight is 302 g/mol. The lowest BCUT2D eigenvalue weighted by Crippen LogP contribution is -2.17. The van der Waals surface area contributed by atoms with Gasteiger partial charge >= 0.3 is 0 Å². The Hall–Kier alpha value is -1.97. The molecule has 0 radical (unpaired) electrons. The molecular formula is C15H14N2O3S. The van der Waals surface area contributed by atoms with Gasteiger partial charge in [0.05, 0.1) is 28.0 Å². The number of aromatic nitrogens is 1. The molecule has 2 aliphatic rings. The molecule has 108 valence electrons. The van der Waals surface area contributed by atoms with Crippen LogP contribution in [-0.4, -0.2) is 14.8 Å². The highest BCUT2D eigenvalue weighted by atomic mass is 32.1. The van der Waals surface area contributed by atoms with Gasteiger partial charge in [-0.15, -0.1) is 11.3 Å². The first-order valence-corrected chi connectivity index (χ1v) is 7.64.